The molecule has 0 atom stereocenters. The van der Waals surface area contributed by atoms with E-state index in [2.05, 4.69) is 149 Å². The Morgan fingerprint density at radius 2 is 1.54 bits per heavy atom. The van der Waals surface area contributed by atoms with Crippen LogP contribution in [-0.4, -0.2) is 14.5 Å². The van der Waals surface area contributed by atoms with E-state index in [1.807, 2.05) is 24.4 Å². The molecule has 6 aromatic rings. The molecule has 6 heteroatoms. The van der Waals surface area contributed by atoms with Crippen LogP contribution in [0, 0.1) is 53.4 Å². The van der Waals surface area contributed by atoms with Crippen molar-refractivity contribution in [1.82, 2.24) is 14.5 Å². The normalized spacial score (nSPS) is 12.1. The molecule has 0 saturated carbocycles. The Morgan fingerprint density at radius 1 is 0.792 bits per heavy atom. The molecule has 0 spiro atoms. The summed E-state index contributed by atoms with van der Waals surface area (Å²) in [6.07, 6.45) is 1.87. The van der Waals surface area contributed by atoms with Crippen molar-refractivity contribution in [1.29, 1.82) is 0 Å². The second-order valence-corrected chi connectivity index (χ2v) is 13.6. The first-order chi connectivity index (χ1) is 22.5. The van der Waals surface area contributed by atoms with Crippen molar-refractivity contribution in [3.05, 3.63) is 138 Å². The van der Waals surface area contributed by atoms with Gasteiger partial charge in [0.15, 0.2) is 0 Å². The molecule has 4 aromatic carbocycles. The number of imidazole rings is 1. The van der Waals surface area contributed by atoms with Gasteiger partial charge >= 0.3 is 0 Å². The quantitative estimate of drug-likeness (QED) is 0.163. The molecule has 5 nitrogen and oxygen atoms in total. The van der Waals surface area contributed by atoms with Crippen LogP contribution in [0.3, 0.4) is 0 Å². The van der Waals surface area contributed by atoms with Gasteiger partial charge in [0.1, 0.15) is 0 Å². The molecular formula is C42H39N4OPt-3. The van der Waals surface area contributed by atoms with Crippen molar-refractivity contribution in [2.45, 2.75) is 60.8 Å². The van der Waals surface area contributed by atoms with Crippen molar-refractivity contribution in [2.75, 3.05) is 4.90 Å². The molecule has 246 valence electrons. The minimum Gasteiger partial charge on any atom is -0.503 e. The van der Waals surface area contributed by atoms with Crippen LogP contribution in [0.2, 0.25) is 0 Å². The summed E-state index contributed by atoms with van der Waals surface area (Å²) in [5.41, 5.74) is 14.0. The second-order valence-electron chi connectivity index (χ2n) is 13.6. The number of anilines is 2. The van der Waals surface area contributed by atoms with Crippen LogP contribution in [-0.2, 0) is 26.5 Å². The smallest absolute Gasteiger partial charge is 0.0421 e. The zero-order valence-corrected chi connectivity index (χ0v) is 30.9. The number of hydrogen-bond acceptors (Lipinski definition) is 4. The fourth-order valence-electron chi connectivity index (χ4n) is 6.51. The molecule has 0 saturated heterocycles. The number of pyridine rings is 1. The fraction of sp³-hybridized carbons (Fsp3) is 0.214. The summed E-state index contributed by atoms with van der Waals surface area (Å²) >= 11 is 0. The van der Waals surface area contributed by atoms with Gasteiger partial charge in [0.25, 0.3) is 0 Å². The maximum absolute atomic E-state index is 6.62. The summed E-state index contributed by atoms with van der Waals surface area (Å²) in [7, 11) is 0. The SMILES string of the molecule is Cc1cc(C)c(-c2cc(Oc3[c-]c(-c4cc(C(C)(C)C)ccn4)ccc3)[c-]c(N3[CH-]n4c(nc(C)c4C)-c4ccccc43)c2)c(C)c1.[Pt]. The van der Waals surface area contributed by atoms with Crippen molar-refractivity contribution in [3.63, 3.8) is 0 Å². The van der Waals surface area contributed by atoms with Gasteiger partial charge in [-0.05, 0) is 91.1 Å². The number of aromatic nitrogens is 3. The molecule has 0 unspecified atom stereocenters. The average Bonchev–Trinajstić information content (AvgIpc) is 3.32. The van der Waals surface area contributed by atoms with Gasteiger partial charge < -0.3 is 24.2 Å². The molecule has 7 rings (SSSR count). The van der Waals surface area contributed by atoms with Crippen molar-refractivity contribution < 1.29 is 25.8 Å². The van der Waals surface area contributed by atoms with Crippen LogP contribution in [0.15, 0.2) is 85.1 Å². The molecular weight excluding hydrogens is 772 g/mol. The van der Waals surface area contributed by atoms with Crippen molar-refractivity contribution >= 4 is 11.4 Å². The number of ether oxygens (including phenoxy) is 1. The first-order valence-corrected chi connectivity index (χ1v) is 16.1. The Balaban J connectivity index is 0.00000401. The van der Waals surface area contributed by atoms with Crippen LogP contribution >= 0.6 is 0 Å². The molecule has 0 amide bonds. The van der Waals surface area contributed by atoms with Crippen LogP contribution in [0.25, 0.3) is 33.8 Å². The molecule has 0 fully saturated rings. The van der Waals surface area contributed by atoms with Crippen molar-refractivity contribution in [2.24, 2.45) is 0 Å². The molecule has 0 N–H and O–H groups in total. The van der Waals surface area contributed by atoms with Gasteiger partial charge in [0.2, 0.25) is 0 Å². The third kappa shape index (κ3) is 6.20. The molecule has 2 aromatic heterocycles. The molecule has 0 aliphatic carbocycles. The maximum atomic E-state index is 6.62. The summed E-state index contributed by atoms with van der Waals surface area (Å²) in [6, 6.07) is 34.4. The standard InChI is InChI=1S/C42H39N4O.Pt/c1-26-18-27(2)40(28(3)19-26)32-20-34(46-25-45-30(5)29(4)44-41(45)37-14-9-10-15-39(37)46)24-36(22-32)47-35-13-11-12-31(21-35)38-23-33(16-17-43-38)42(6,7)8;/h9-20,22-23,25H,1-8H3;/q-3;. The summed E-state index contributed by atoms with van der Waals surface area (Å²) in [4.78, 5) is 11.8. The summed E-state index contributed by atoms with van der Waals surface area (Å²) in [5, 5.41) is 0. The molecule has 1 aliphatic rings. The van der Waals surface area contributed by atoms with Gasteiger partial charge in [-0.25, -0.2) is 0 Å². The van der Waals surface area contributed by atoms with Gasteiger partial charge in [-0.3, -0.25) is 0 Å². The summed E-state index contributed by atoms with van der Waals surface area (Å²) in [5.74, 6) is 2.16. The van der Waals surface area contributed by atoms with Gasteiger partial charge in [0.05, 0.1) is 0 Å². The van der Waals surface area contributed by atoms with E-state index >= 15 is 0 Å². The Kier molecular flexibility index (Phi) is 8.87. The van der Waals surface area contributed by atoms with Gasteiger partial charge in [-0.1, -0.05) is 87.1 Å². The number of para-hydroxylation sites is 1. The molecule has 3 heterocycles. The van der Waals surface area contributed by atoms with Crippen LogP contribution in [0.4, 0.5) is 11.4 Å². The van der Waals surface area contributed by atoms with Crippen molar-refractivity contribution in [3.8, 4) is 45.3 Å². The van der Waals surface area contributed by atoms with Gasteiger partial charge in [-0.15, -0.1) is 47.5 Å². The van der Waals surface area contributed by atoms with E-state index in [-0.39, 0.29) is 26.5 Å². The average molecular weight is 811 g/mol. The fourth-order valence-corrected chi connectivity index (χ4v) is 6.51. The Labute approximate surface area is 298 Å². The number of hydrogen-bond donors (Lipinski definition) is 0. The number of nitrogens with zero attached hydrogens (tertiary/aromatic N) is 4. The van der Waals surface area contributed by atoms with E-state index in [1.54, 1.807) is 0 Å². The van der Waals surface area contributed by atoms with Gasteiger partial charge in [-0.2, -0.15) is 0 Å². The predicted molar refractivity (Wildman–Crippen MR) is 191 cm³/mol. The first-order valence-electron chi connectivity index (χ1n) is 16.1. The summed E-state index contributed by atoms with van der Waals surface area (Å²) < 4.78 is 8.79. The van der Waals surface area contributed by atoms with Crippen LogP contribution in [0.5, 0.6) is 11.5 Å². The zero-order valence-electron chi connectivity index (χ0n) is 28.7. The van der Waals surface area contributed by atoms with Gasteiger partial charge in [0, 0.05) is 50.3 Å². The Morgan fingerprint density at radius 3 is 2.29 bits per heavy atom. The number of fused-ring (bicyclic) bond motifs is 3. The third-order valence-electron chi connectivity index (χ3n) is 8.97. The van der Waals surface area contributed by atoms with E-state index in [9.17, 15) is 0 Å². The molecule has 1 aliphatic heterocycles. The molecule has 48 heavy (non-hydrogen) atoms. The summed E-state index contributed by atoms with van der Waals surface area (Å²) in [6.45, 7) is 19.4. The number of rotatable bonds is 5. The first kappa shape index (κ1) is 33.3. The van der Waals surface area contributed by atoms with Crippen LogP contribution in [0.1, 0.15) is 54.4 Å². The number of aryl methyl sites for hydroxylation is 4. The minimum atomic E-state index is 0. The van der Waals surface area contributed by atoms with Crippen LogP contribution < -0.4 is 9.64 Å². The molecule has 0 bridgehead atoms. The Bertz CT molecular complexity index is 2130. The Hall–Kier alpha value is -4.60. The van der Waals surface area contributed by atoms with E-state index < -0.39 is 0 Å². The minimum absolute atomic E-state index is 0. The largest absolute Gasteiger partial charge is 0.503 e. The van der Waals surface area contributed by atoms with E-state index in [0.717, 1.165) is 51.0 Å². The monoisotopic (exact) mass is 810 g/mol. The predicted octanol–water partition coefficient (Wildman–Crippen LogP) is 10.6. The number of benzene rings is 4. The topological polar surface area (TPSA) is 43.2 Å². The molecule has 0 radical (unpaired) electrons. The second kappa shape index (κ2) is 12.8. The maximum Gasteiger partial charge on any atom is 0.0421 e. The van der Waals surface area contributed by atoms with E-state index in [4.69, 9.17) is 9.72 Å². The van der Waals surface area contributed by atoms with E-state index in [0.29, 0.717) is 11.5 Å². The zero-order chi connectivity index (χ0) is 33.0. The van der Waals surface area contributed by atoms with E-state index in [1.165, 1.54) is 27.8 Å². The third-order valence-corrected chi connectivity index (χ3v) is 8.97.